The van der Waals surface area contributed by atoms with E-state index < -0.39 is 0 Å². The van der Waals surface area contributed by atoms with E-state index in [4.69, 9.17) is 4.74 Å². The number of para-hydroxylation sites is 1. The molecular weight excluding hydrogens is 342 g/mol. The Morgan fingerprint density at radius 1 is 0.679 bits per heavy atom. The molecule has 2 heteroatoms. The van der Waals surface area contributed by atoms with E-state index in [-0.39, 0.29) is 0 Å². The Bertz CT molecular complexity index is 483. The molecule has 0 saturated carbocycles. The Morgan fingerprint density at radius 3 is 1.61 bits per heavy atom. The summed E-state index contributed by atoms with van der Waals surface area (Å²) in [6, 6.07) is 6.61. The lowest BCUT2D eigenvalue weighted by Gasteiger charge is -2.16. The van der Waals surface area contributed by atoms with Gasteiger partial charge in [-0.2, -0.15) is 0 Å². The van der Waals surface area contributed by atoms with Gasteiger partial charge in [-0.25, -0.2) is 0 Å². The van der Waals surface area contributed by atoms with Gasteiger partial charge < -0.3 is 9.64 Å². The van der Waals surface area contributed by atoms with Gasteiger partial charge in [0.05, 0.1) is 7.11 Å². The molecule has 0 aliphatic heterocycles. The van der Waals surface area contributed by atoms with Crippen molar-refractivity contribution in [2.24, 2.45) is 0 Å². The lowest BCUT2D eigenvalue weighted by molar-refractivity contribution is 0.368. The highest BCUT2D eigenvalue weighted by Crippen LogP contribution is 2.26. The molecule has 0 amide bonds. The van der Waals surface area contributed by atoms with Crippen molar-refractivity contribution in [2.75, 3.05) is 21.2 Å². The summed E-state index contributed by atoms with van der Waals surface area (Å²) in [6.07, 6.45) is 20.9. The minimum atomic E-state index is 0.940. The van der Waals surface area contributed by atoms with Crippen LogP contribution in [0, 0.1) is 0 Å². The van der Waals surface area contributed by atoms with Crippen LogP contribution >= 0.6 is 0 Å². The van der Waals surface area contributed by atoms with Gasteiger partial charge in [0.15, 0.2) is 0 Å². The van der Waals surface area contributed by atoms with Crippen LogP contribution in [0.1, 0.15) is 108 Å². The van der Waals surface area contributed by atoms with Crippen molar-refractivity contribution in [3.05, 3.63) is 29.3 Å². The molecule has 0 radical (unpaired) electrons. The molecule has 2 nitrogen and oxygen atoms in total. The number of unbranched alkanes of at least 4 members (excludes halogenated alkanes) is 13. The highest BCUT2D eigenvalue weighted by atomic mass is 16.5. The van der Waals surface area contributed by atoms with Crippen molar-refractivity contribution in [3.8, 4) is 5.75 Å². The molecule has 1 rings (SSSR count). The van der Waals surface area contributed by atoms with Crippen LogP contribution in [0.15, 0.2) is 18.2 Å². The van der Waals surface area contributed by atoms with E-state index in [1.165, 1.54) is 101 Å². The lowest BCUT2D eigenvalue weighted by Crippen LogP contribution is -2.12. The molecule has 0 saturated heterocycles. The van der Waals surface area contributed by atoms with E-state index in [9.17, 15) is 0 Å². The summed E-state index contributed by atoms with van der Waals surface area (Å²) < 4.78 is 5.72. The van der Waals surface area contributed by atoms with Gasteiger partial charge in [0, 0.05) is 12.1 Å². The molecule has 162 valence electrons. The first kappa shape index (κ1) is 25.0. The van der Waals surface area contributed by atoms with E-state index >= 15 is 0 Å². The number of hydrogen-bond acceptors (Lipinski definition) is 2. The first-order chi connectivity index (χ1) is 13.7. The maximum atomic E-state index is 5.72. The summed E-state index contributed by atoms with van der Waals surface area (Å²) in [5.41, 5.74) is 2.68. The minimum absolute atomic E-state index is 0.940. The standard InChI is InChI=1S/C26H47NO/c1-5-6-7-8-9-10-11-12-13-14-15-16-17-18-20-24-21-19-22-25(23-27(2)3)26(24)28-4/h19,21-22H,5-18,20,23H2,1-4H3. The smallest absolute Gasteiger partial charge is 0.126 e. The Labute approximate surface area is 176 Å². The third-order valence-electron chi connectivity index (χ3n) is 5.67. The van der Waals surface area contributed by atoms with Gasteiger partial charge >= 0.3 is 0 Å². The van der Waals surface area contributed by atoms with Crippen LogP contribution in [0.2, 0.25) is 0 Å². The molecule has 0 bridgehead atoms. The van der Waals surface area contributed by atoms with Gasteiger partial charge in [0.2, 0.25) is 0 Å². The van der Waals surface area contributed by atoms with Crippen molar-refractivity contribution in [2.45, 2.75) is 110 Å². The van der Waals surface area contributed by atoms with Crippen molar-refractivity contribution >= 4 is 0 Å². The van der Waals surface area contributed by atoms with E-state index in [1.807, 2.05) is 7.11 Å². The lowest BCUT2D eigenvalue weighted by atomic mass is 10.0. The topological polar surface area (TPSA) is 12.5 Å². The summed E-state index contributed by atoms with van der Waals surface area (Å²) in [5, 5.41) is 0. The molecule has 0 N–H and O–H groups in total. The largest absolute Gasteiger partial charge is 0.496 e. The second kappa shape index (κ2) is 16.9. The normalized spacial score (nSPS) is 11.3. The van der Waals surface area contributed by atoms with Crippen LogP contribution in [-0.2, 0) is 13.0 Å². The molecule has 0 fully saturated rings. The van der Waals surface area contributed by atoms with Gasteiger partial charge in [0.25, 0.3) is 0 Å². The third kappa shape index (κ3) is 11.7. The van der Waals surface area contributed by atoms with Crippen LogP contribution in [0.5, 0.6) is 5.75 Å². The minimum Gasteiger partial charge on any atom is -0.496 e. The van der Waals surface area contributed by atoms with Gasteiger partial charge in [-0.1, -0.05) is 109 Å². The number of ether oxygens (including phenoxy) is 1. The molecule has 0 aliphatic carbocycles. The number of rotatable bonds is 18. The van der Waals surface area contributed by atoms with Crippen molar-refractivity contribution in [1.82, 2.24) is 4.90 Å². The van der Waals surface area contributed by atoms with Crippen LogP contribution in [0.4, 0.5) is 0 Å². The number of methoxy groups -OCH3 is 1. The maximum absolute atomic E-state index is 5.72. The summed E-state index contributed by atoms with van der Waals surface area (Å²) >= 11 is 0. The zero-order valence-electron chi connectivity index (χ0n) is 19.4. The zero-order valence-corrected chi connectivity index (χ0v) is 19.4. The van der Waals surface area contributed by atoms with E-state index in [2.05, 4.69) is 44.1 Å². The quantitative estimate of drug-likeness (QED) is 0.238. The second-order valence-corrected chi connectivity index (χ2v) is 8.69. The zero-order chi connectivity index (χ0) is 20.5. The molecule has 0 aliphatic rings. The molecule has 0 unspecified atom stereocenters. The van der Waals surface area contributed by atoms with Crippen LogP contribution in [-0.4, -0.2) is 26.1 Å². The Morgan fingerprint density at radius 2 is 1.14 bits per heavy atom. The monoisotopic (exact) mass is 389 g/mol. The van der Waals surface area contributed by atoms with Crippen LogP contribution in [0.25, 0.3) is 0 Å². The second-order valence-electron chi connectivity index (χ2n) is 8.69. The highest BCUT2D eigenvalue weighted by molar-refractivity contribution is 5.41. The van der Waals surface area contributed by atoms with Gasteiger partial charge in [-0.15, -0.1) is 0 Å². The fourth-order valence-electron chi connectivity index (χ4n) is 4.07. The first-order valence-electron chi connectivity index (χ1n) is 12.0. The van der Waals surface area contributed by atoms with E-state index in [1.54, 1.807) is 0 Å². The molecule has 1 aromatic carbocycles. The number of nitrogens with zero attached hydrogens (tertiary/aromatic N) is 1. The molecule has 0 spiro atoms. The number of aryl methyl sites for hydroxylation is 1. The summed E-state index contributed by atoms with van der Waals surface area (Å²) in [4.78, 5) is 2.20. The summed E-state index contributed by atoms with van der Waals surface area (Å²) in [6.45, 7) is 3.23. The summed E-state index contributed by atoms with van der Waals surface area (Å²) in [7, 11) is 6.03. The number of hydrogen-bond donors (Lipinski definition) is 0. The van der Waals surface area contributed by atoms with Gasteiger partial charge in [-0.05, 0) is 32.5 Å². The SMILES string of the molecule is CCCCCCCCCCCCCCCCc1cccc(CN(C)C)c1OC. The average Bonchev–Trinajstić information content (AvgIpc) is 2.68. The fraction of sp³-hybridized carbons (Fsp3) is 0.769. The predicted molar refractivity (Wildman–Crippen MR) is 124 cm³/mol. The van der Waals surface area contributed by atoms with Gasteiger partial charge in [0.1, 0.15) is 5.75 Å². The first-order valence-corrected chi connectivity index (χ1v) is 12.0. The third-order valence-corrected chi connectivity index (χ3v) is 5.67. The van der Waals surface area contributed by atoms with Crippen molar-refractivity contribution < 1.29 is 4.74 Å². The Kier molecular flexibility index (Phi) is 15.1. The Hall–Kier alpha value is -1.02. The average molecular weight is 390 g/mol. The van der Waals surface area contributed by atoms with Crippen LogP contribution in [0.3, 0.4) is 0 Å². The molecule has 0 aromatic heterocycles. The highest BCUT2D eigenvalue weighted by Gasteiger charge is 2.09. The Balaban J connectivity index is 2.04. The van der Waals surface area contributed by atoms with E-state index in [0.29, 0.717) is 0 Å². The molecule has 0 atom stereocenters. The molecular formula is C26H47NO. The number of benzene rings is 1. The molecule has 0 heterocycles. The molecule has 28 heavy (non-hydrogen) atoms. The molecule has 1 aromatic rings. The van der Waals surface area contributed by atoms with Crippen LogP contribution < -0.4 is 4.74 Å². The fourth-order valence-corrected chi connectivity index (χ4v) is 4.07. The van der Waals surface area contributed by atoms with Gasteiger partial charge in [-0.3, -0.25) is 0 Å². The van der Waals surface area contributed by atoms with E-state index in [0.717, 1.165) is 18.7 Å². The van der Waals surface area contributed by atoms with Crippen molar-refractivity contribution in [3.63, 3.8) is 0 Å². The van der Waals surface area contributed by atoms with Crippen molar-refractivity contribution in [1.29, 1.82) is 0 Å². The maximum Gasteiger partial charge on any atom is 0.126 e. The summed E-state index contributed by atoms with van der Waals surface area (Å²) in [5.74, 6) is 1.10. The predicted octanol–water partition coefficient (Wildman–Crippen LogP) is 7.78.